The average Bonchev–Trinajstić information content (AvgIpc) is 3.36. The lowest BCUT2D eigenvalue weighted by molar-refractivity contribution is 0.112. The Bertz CT molecular complexity index is 863. The number of carbonyl (C=O) groups excluding carboxylic acids is 1. The van der Waals surface area contributed by atoms with Crippen molar-refractivity contribution >= 4 is 28.1 Å². The molecule has 0 unspecified atom stereocenters. The van der Waals surface area contributed by atoms with E-state index in [1.807, 2.05) is 42.5 Å². The van der Waals surface area contributed by atoms with Crippen molar-refractivity contribution in [1.82, 2.24) is 0 Å². The molecule has 0 radical (unpaired) electrons. The summed E-state index contributed by atoms with van der Waals surface area (Å²) in [6.45, 7) is 0. The Labute approximate surface area is 148 Å². The first-order valence-corrected chi connectivity index (χ1v) is 9.76. The van der Waals surface area contributed by atoms with Crippen LogP contribution >= 0.6 is 21.8 Å². The van der Waals surface area contributed by atoms with Crippen molar-refractivity contribution in [2.24, 2.45) is 0 Å². The minimum absolute atomic E-state index is 0.248. The lowest BCUT2D eigenvalue weighted by atomic mass is 10.2. The van der Waals surface area contributed by atoms with Gasteiger partial charge in [0.15, 0.2) is 11.2 Å². The quantitative estimate of drug-likeness (QED) is 0.299. The molecule has 3 heteroatoms. The molecule has 1 nitrogen and oxygen atoms in total. The van der Waals surface area contributed by atoms with Crippen LogP contribution in [-0.2, 0) is 0 Å². The largest absolute Gasteiger partial charge is 0.297 e. The minimum Gasteiger partial charge on any atom is -0.297 e. The summed E-state index contributed by atoms with van der Waals surface area (Å²) in [7, 11) is 0.248. The van der Waals surface area contributed by atoms with Gasteiger partial charge >= 0.3 is 0 Å². The van der Waals surface area contributed by atoms with Gasteiger partial charge in [-0.2, -0.15) is 0 Å². The molecule has 4 rings (SSSR count). The van der Waals surface area contributed by atoms with Gasteiger partial charge in [-0.3, -0.25) is 4.79 Å². The third kappa shape index (κ3) is 4.28. The van der Waals surface area contributed by atoms with Crippen molar-refractivity contribution in [2.75, 3.05) is 0 Å². The fourth-order valence-corrected chi connectivity index (χ4v) is 4.44. The monoisotopic (exact) mass is 349 g/mol. The Morgan fingerprint density at radius 3 is 1.92 bits per heavy atom. The molecule has 0 N–H and O–H groups in total. The third-order valence-corrected chi connectivity index (χ3v) is 6.15. The minimum atomic E-state index is 0.248. The van der Waals surface area contributed by atoms with E-state index in [-0.39, 0.29) is 10.5 Å². The van der Waals surface area contributed by atoms with Crippen LogP contribution in [0.1, 0.15) is 9.67 Å². The van der Waals surface area contributed by atoms with E-state index >= 15 is 0 Å². The topological polar surface area (TPSA) is 17.1 Å². The molecule has 4 aromatic rings. The van der Waals surface area contributed by atoms with Gasteiger partial charge in [-0.05, 0) is 42.0 Å². The van der Waals surface area contributed by atoms with E-state index in [4.69, 9.17) is 0 Å². The standard InChI is InChI=1S/C11H8OS.C10H9S/c12-8-10-6-7-11(13-10)9-4-2-1-3-5-9;1-2-6-10(7-3-1)11-8-4-5-9-11/h1-8H;1-9H/q;+1. The number of benzene rings is 2. The van der Waals surface area contributed by atoms with Crippen LogP contribution in [0.25, 0.3) is 15.3 Å². The molecule has 0 saturated heterocycles. The average molecular weight is 350 g/mol. The number of aldehydes is 1. The van der Waals surface area contributed by atoms with Crippen LogP contribution in [0.15, 0.2) is 95.7 Å². The van der Waals surface area contributed by atoms with Crippen molar-refractivity contribution < 1.29 is 4.79 Å². The second-order valence-electron chi connectivity index (χ2n) is 5.03. The molecule has 0 saturated carbocycles. The Hall–Kier alpha value is -2.49. The highest BCUT2D eigenvalue weighted by atomic mass is 32.2. The first-order chi connectivity index (χ1) is 11.9. The molecule has 0 aliphatic rings. The first-order valence-electron chi connectivity index (χ1n) is 7.59. The molecular formula is C21H17OS2+. The first kappa shape index (κ1) is 16.4. The smallest absolute Gasteiger partial charge is 0.178 e. The maximum Gasteiger partial charge on any atom is 0.178 e. The highest BCUT2D eigenvalue weighted by Gasteiger charge is 2.03. The van der Waals surface area contributed by atoms with Crippen molar-refractivity contribution in [1.29, 1.82) is 0 Å². The van der Waals surface area contributed by atoms with Crippen LogP contribution < -0.4 is 0 Å². The molecule has 0 amide bonds. The summed E-state index contributed by atoms with van der Waals surface area (Å²) in [6, 6.07) is 28.7. The summed E-state index contributed by atoms with van der Waals surface area (Å²) >= 11 is 1.52. The van der Waals surface area contributed by atoms with E-state index in [9.17, 15) is 4.79 Å². The van der Waals surface area contributed by atoms with E-state index in [1.165, 1.54) is 21.8 Å². The maximum absolute atomic E-state index is 10.5. The molecule has 24 heavy (non-hydrogen) atoms. The Kier molecular flexibility index (Phi) is 5.72. The van der Waals surface area contributed by atoms with Crippen molar-refractivity contribution in [2.45, 2.75) is 0 Å². The van der Waals surface area contributed by atoms with Crippen LogP contribution in [-0.4, -0.2) is 6.29 Å². The SMILES string of the molecule is O=Cc1ccc(-c2ccccc2)s1.c1ccc(-[s+]2cccc2)cc1. The van der Waals surface area contributed by atoms with Gasteiger partial charge in [0.05, 0.1) is 4.88 Å². The highest BCUT2D eigenvalue weighted by Crippen LogP contribution is 2.29. The van der Waals surface area contributed by atoms with E-state index in [0.717, 1.165) is 16.0 Å². The van der Waals surface area contributed by atoms with Gasteiger partial charge in [0.2, 0.25) is 0 Å². The van der Waals surface area contributed by atoms with Crippen molar-refractivity contribution in [3.63, 3.8) is 0 Å². The molecule has 0 atom stereocenters. The lowest BCUT2D eigenvalue weighted by Crippen LogP contribution is -1.67. The fraction of sp³-hybridized carbons (Fsp3) is 0. The number of thiophene rings is 2. The van der Waals surface area contributed by atoms with Gasteiger partial charge in [-0.25, -0.2) is 0 Å². The summed E-state index contributed by atoms with van der Waals surface area (Å²) in [5.41, 5.74) is 1.17. The molecule has 2 heterocycles. The number of hydrogen-bond donors (Lipinski definition) is 0. The second-order valence-corrected chi connectivity index (χ2v) is 7.90. The molecule has 0 aliphatic carbocycles. The van der Waals surface area contributed by atoms with Gasteiger partial charge in [-0.1, -0.05) is 48.5 Å². The van der Waals surface area contributed by atoms with Crippen molar-refractivity contribution in [3.05, 3.63) is 101 Å². The normalized spacial score (nSPS) is 9.83. The van der Waals surface area contributed by atoms with E-state index in [1.54, 1.807) is 0 Å². The second kappa shape index (κ2) is 8.39. The zero-order chi connectivity index (χ0) is 16.6. The van der Waals surface area contributed by atoms with E-state index in [2.05, 4.69) is 53.2 Å². The molecule has 2 aromatic heterocycles. The van der Waals surface area contributed by atoms with E-state index < -0.39 is 0 Å². The van der Waals surface area contributed by atoms with Gasteiger partial charge in [-0.15, -0.1) is 11.3 Å². The van der Waals surface area contributed by atoms with Gasteiger partial charge in [0.25, 0.3) is 0 Å². The molecular weight excluding hydrogens is 332 g/mol. The number of hydrogen-bond acceptors (Lipinski definition) is 2. The number of rotatable bonds is 3. The third-order valence-electron chi connectivity index (χ3n) is 3.38. The van der Waals surface area contributed by atoms with E-state index in [0.29, 0.717) is 0 Å². The summed E-state index contributed by atoms with van der Waals surface area (Å²) < 4.78 is 0. The molecule has 0 spiro atoms. The molecule has 2 aromatic carbocycles. The highest BCUT2D eigenvalue weighted by molar-refractivity contribution is 7.36. The van der Waals surface area contributed by atoms with Crippen LogP contribution in [0.3, 0.4) is 0 Å². The predicted octanol–water partition coefficient (Wildman–Crippen LogP) is 6.65. The predicted molar refractivity (Wildman–Crippen MR) is 105 cm³/mol. The lowest BCUT2D eigenvalue weighted by Gasteiger charge is -1.93. The zero-order valence-electron chi connectivity index (χ0n) is 13.0. The molecule has 0 fully saturated rings. The van der Waals surface area contributed by atoms with Crippen LogP contribution in [0, 0.1) is 0 Å². The van der Waals surface area contributed by atoms with Crippen LogP contribution in [0.4, 0.5) is 0 Å². The molecule has 0 aliphatic heterocycles. The Balaban J connectivity index is 0.000000143. The van der Waals surface area contributed by atoms with Crippen LogP contribution in [0.2, 0.25) is 0 Å². The summed E-state index contributed by atoms with van der Waals surface area (Å²) in [5.74, 6) is 0. The maximum atomic E-state index is 10.5. The molecule has 118 valence electrons. The summed E-state index contributed by atoms with van der Waals surface area (Å²) in [4.78, 5) is 13.8. The summed E-state index contributed by atoms with van der Waals surface area (Å²) in [5, 5.41) is 4.46. The van der Waals surface area contributed by atoms with Gasteiger partial charge in [0.1, 0.15) is 10.8 Å². The van der Waals surface area contributed by atoms with Crippen molar-refractivity contribution in [3.8, 4) is 15.3 Å². The Morgan fingerprint density at radius 1 is 0.708 bits per heavy atom. The fourth-order valence-electron chi connectivity index (χ4n) is 2.21. The van der Waals surface area contributed by atoms with Gasteiger partial charge in [0, 0.05) is 15.3 Å². The molecule has 0 bridgehead atoms. The Morgan fingerprint density at radius 2 is 1.33 bits per heavy atom. The number of carbonyl (C=O) groups is 1. The summed E-state index contributed by atoms with van der Waals surface area (Å²) in [6.07, 6.45) is 0.886. The zero-order valence-corrected chi connectivity index (χ0v) is 14.7. The van der Waals surface area contributed by atoms with Crippen LogP contribution in [0.5, 0.6) is 0 Å². The van der Waals surface area contributed by atoms with Gasteiger partial charge < -0.3 is 0 Å².